The van der Waals surface area contributed by atoms with Gasteiger partial charge in [-0.15, -0.1) is 0 Å². The molecule has 0 saturated carbocycles. The lowest BCUT2D eigenvalue weighted by molar-refractivity contribution is -0.135. The van der Waals surface area contributed by atoms with Crippen LogP contribution in [0, 0.1) is 5.92 Å². The van der Waals surface area contributed by atoms with Crippen molar-refractivity contribution in [1.82, 2.24) is 9.80 Å². The molecule has 1 rings (SSSR count). The zero-order chi connectivity index (χ0) is 14.8. The third-order valence-corrected chi connectivity index (χ3v) is 3.20. The molecule has 0 aromatic carbocycles. The van der Waals surface area contributed by atoms with E-state index in [2.05, 4.69) is 0 Å². The molecule has 1 saturated heterocycles. The fourth-order valence-electron chi connectivity index (χ4n) is 2.14. The second-order valence-electron chi connectivity index (χ2n) is 6.47. The van der Waals surface area contributed by atoms with Crippen LogP contribution in [-0.2, 0) is 9.53 Å². The maximum Gasteiger partial charge on any atom is 0.410 e. The Kier molecular flexibility index (Phi) is 4.82. The van der Waals surface area contributed by atoms with Gasteiger partial charge in [-0.2, -0.15) is 0 Å². The number of hydrogen-bond donors (Lipinski definition) is 0. The van der Waals surface area contributed by atoms with Crippen molar-refractivity contribution in [2.45, 2.75) is 52.7 Å². The second kappa shape index (κ2) is 5.80. The van der Waals surface area contributed by atoms with Gasteiger partial charge in [0.05, 0.1) is 6.04 Å². The summed E-state index contributed by atoms with van der Waals surface area (Å²) in [5.41, 5.74) is -0.477. The van der Waals surface area contributed by atoms with Gasteiger partial charge in [0.25, 0.3) is 0 Å². The Hall–Kier alpha value is -1.26. The van der Waals surface area contributed by atoms with Crippen molar-refractivity contribution in [2.75, 3.05) is 20.1 Å². The highest BCUT2D eigenvalue weighted by Crippen LogP contribution is 2.19. The number of likely N-dealkylation sites (N-methyl/N-ethyl adjacent to an activating group) is 1. The van der Waals surface area contributed by atoms with Crippen LogP contribution in [0.25, 0.3) is 0 Å². The van der Waals surface area contributed by atoms with E-state index < -0.39 is 5.60 Å². The number of carbonyl (C=O) groups excluding carboxylic acids is 2. The highest BCUT2D eigenvalue weighted by molar-refractivity contribution is 5.78. The molecule has 0 unspecified atom stereocenters. The van der Waals surface area contributed by atoms with Crippen molar-refractivity contribution in [2.24, 2.45) is 5.92 Å². The van der Waals surface area contributed by atoms with Gasteiger partial charge in [-0.3, -0.25) is 4.79 Å². The molecule has 0 bridgehead atoms. The molecule has 1 aliphatic rings. The van der Waals surface area contributed by atoms with Crippen LogP contribution in [0.4, 0.5) is 4.79 Å². The van der Waals surface area contributed by atoms with Crippen molar-refractivity contribution in [3.05, 3.63) is 0 Å². The summed E-state index contributed by atoms with van der Waals surface area (Å²) < 4.78 is 5.34. The fraction of sp³-hybridized carbons (Fsp3) is 0.857. The highest BCUT2D eigenvalue weighted by Gasteiger charge is 2.33. The topological polar surface area (TPSA) is 49.9 Å². The van der Waals surface area contributed by atoms with Gasteiger partial charge < -0.3 is 14.5 Å². The lowest BCUT2D eigenvalue weighted by Crippen LogP contribution is -2.42. The van der Waals surface area contributed by atoms with E-state index in [0.29, 0.717) is 13.1 Å². The van der Waals surface area contributed by atoms with E-state index in [-0.39, 0.29) is 24.0 Å². The Bertz CT molecular complexity index is 347. The van der Waals surface area contributed by atoms with E-state index in [9.17, 15) is 9.59 Å². The van der Waals surface area contributed by atoms with Gasteiger partial charge in [-0.05, 0) is 27.2 Å². The van der Waals surface area contributed by atoms with Crippen LogP contribution >= 0.6 is 0 Å². The molecule has 1 atom stereocenters. The third-order valence-electron chi connectivity index (χ3n) is 3.20. The number of likely N-dealkylation sites (tertiary alicyclic amines) is 1. The molecule has 5 nitrogen and oxygen atoms in total. The van der Waals surface area contributed by atoms with Crippen LogP contribution in [0.1, 0.15) is 41.0 Å². The minimum absolute atomic E-state index is 0.0134. The molecule has 0 aromatic rings. The first-order valence-corrected chi connectivity index (χ1v) is 6.86. The van der Waals surface area contributed by atoms with Gasteiger partial charge in [0.2, 0.25) is 5.91 Å². The molecule has 0 N–H and O–H groups in total. The molecule has 2 amide bonds. The molecular formula is C14H26N2O3. The molecule has 1 heterocycles. The Balaban J connectivity index is 2.54. The number of hydrogen-bond acceptors (Lipinski definition) is 3. The summed E-state index contributed by atoms with van der Waals surface area (Å²) in [6, 6.07) is 0.0995. The molecule has 0 aromatic heterocycles. The van der Waals surface area contributed by atoms with E-state index >= 15 is 0 Å². The average molecular weight is 270 g/mol. The number of rotatable bonds is 2. The van der Waals surface area contributed by atoms with Gasteiger partial charge >= 0.3 is 6.09 Å². The van der Waals surface area contributed by atoms with E-state index in [4.69, 9.17) is 4.74 Å². The summed E-state index contributed by atoms with van der Waals surface area (Å²) in [4.78, 5) is 27.3. The maximum atomic E-state index is 11.9. The average Bonchev–Trinajstić information content (AvgIpc) is 2.73. The summed E-state index contributed by atoms with van der Waals surface area (Å²) >= 11 is 0. The van der Waals surface area contributed by atoms with Gasteiger partial charge in [0.1, 0.15) is 5.60 Å². The first-order valence-electron chi connectivity index (χ1n) is 6.86. The summed E-state index contributed by atoms with van der Waals surface area (Å²) in [7, 11) is 1.81. The lowest BCUT2D eigenvalue weighted by Gasteiger charge is -2.27. The fourth-order valence-corrected chi connectivity index (χ4v) is 2.14. The summed E-state index contributed by atoms with van der Waals surface area (Å²) in [5.74, 6) is 0.108. The van der Waals surface area contributed by atoms with Crippen molar-refractivity contribution in [1.29, 1.82) is 0 Å². The van der Waals surface area contributed by atoms with Gasteiger partial charge in [-0.25, -0.2) is 4.79 Å². The second-order valence-corrected chi connectivity index (χ2v) is 6.47. The summed E-state index contributed by atoms with van der Waals surface area (Å²) in [6.45, 7) is 10.5. The molecule has 110 valence electrons. The van der Waals surface area contributed by atoms with E-state index in [1.807, 2.05) is 41.7 Å². The van der Waals surface area contributed by atoms with Gasteiger partial charge in [0, 0.05) is 26.1 Å². The molecular weight excluding hydrogens is 244 g/mol. The molecule has 5 heteroatoms. The van der Waals surface area contributed by atoms with Crippen LogP contribution in [0.5, 0.6) is 0 Å². The first-order chi connectivity index (χ1) is 8.61. The largest absolute Gasteiger partial charge is 0.444 e. The standard InChI is InChI=1S/C14H26N2O3/c1-10(2)12(17)15(6)11-7-8-16(9-11)13(18)19-14(3,4)5/h10-11H,7-9H2,1-6H3/t11-/m0/s1. The number of amides is 2. The monoisotopic (exact) mass is 270 g/mol. The quantitative estimate of drug-likeness (QED) is 0.772. The van der Waals surface area contributed by atoms with Crippen molar-refractivity contribution >= 4 is 12.0 Å². The predicted molar refractivity (Wildman–Crippen MR) is 73.8 cm³/mol. The number of ether oxygens (including phenoxy) is 1. The van der Waals surface area contributed by atoms with Crippen LogP contribution in [-0.4, -0.2) is 53.6 Å². The zero-order valence-corrected chi connectivity index (χ0v) is 12.9. The molecule has 1 aliphatic heterocycles. The number of nitrogens with zero attached hydrogens (tertiary/aromatic N) is 2. The summed E-state index contributed by atoms with van der Waals surface area (Å²) in [6.07, 6.45) is 0.522. The molecule has 0 radical (unpaired) electrons. The summed E-state index contributed by atoms with van der Waals surface area (Å²) in [5, 5.41) is 0. The SMILES string of the molecule is CC(C)C(=O)N(C)[C@H]1CCN(C(=O)OC(C)(C)C)C1. The van der Waals surface area contributed by atoms with Gasteiger partial charge in [-0.1, -0.05) is 13.8 Å². The van der Waals surface area contributed by atoms with Crippen LogP contribution in [0.15, 0.2) is 0 Å². The molecule has 0 spiro atoms. The Morgan fingerprint density at radius 3 is 2.37 bits per heavy atom. The minimum Gasteiger partial charge on any atom is -0.444 e. The lowest BCUT2D eigenvalue weighted by atomic mass is 10.1. The first kappa shape index (κ1) is 15.8. The molecule has 19 heavy (non-hydrogen) atoms. The zero-order valence-electron chi connectivity index (χ0n) is 12.9. The van der Waals surface area contributed by atoms with Crippen LogP contribution in [0.3, 0.4) is 0 Å². The Morgan fingerprint density at radius 1 is 1.32 bits per heavy atom. The smallest absolute Gasteiger partial charge is 0.410 e. The van der Waals surface area contributed by atoms with E-state index in [0.717, 1.165) is 6.42 Å². The highest BCUT2D eigenvalue weighted by atomic mass is 16.6. The van der Waals surface area contributed by atoms with Gasteiger partial charge in [0.15, 0.2) is 0 Å². The van der Waals surface area contributed by atoms with Crippen LogP contribution in [0.2, 0.25) is 0 Å². The van der Waals surface area contributed by atoms with E-state index in [1.54, 1.807) is 9.80 Å². The van der Waals surface area contributed by atoms with Crippen molar-refractivity contribution in [3.8, 4) is 0 Å². The van der Waals surface area contributed by atoms with Crippen molar-refractivity contribution in [3.63, 3.8) is 0 Å². The normalized spacial score (nSPS) is 19.7. The molecule has 0 aliphatic carbocycles. The number of carbonyl (C=O) groups is 2. The van der Waals surface area contributed by atoms with E-state index in [1.165, 1.54) is 0 Å². The van der Waals surface area contributed by atoms with Crippen molar-refractivity contribution < 1.29 is 14.3 Å². The minimum atomic E-state index is -0.477. The predicted octanol–water partition coefficient (Wildman–Crippen LogP) is 2.11. The Labute approximate surface area is 115 Å². The Morgan fingerprint density at radius 2 is 1.89 bits per heavy atom. The maximum absolute atomic E-state index is 11.9. The van der Waals surface area contributed by atoms with Crippen LogP contribution < -0.4 is 0 Å². The third kappa shape index (κ3) is 4.40. The molecule has 1 fully saturated rings.